The molecule has 6 heteroatoms. The zero-order valence-corrected chi connectivity index (χ0v) is 17.3. The van der Waals surface area contributed by atoms with Crippen LogP contribution in [0.2, 0.25) is 0 Å². The fraction of sp³-hybridized carbons (Fsp3) is 0.350. The Morgan fingerprint density at radius 1 is 1.15 bits per heavy atom. The van der Waals surface area contributed by atoms with Gasteiger partial charge in [0.05, 0.1) is 13.7 Å². The van der Waals surface area contributed by atoms with Crippen LogP contribution in [-0.4, -0.2) is 32.8 Å². The molecule has 5 nitrogen and oxygen atoms in total. The third-order valence-electron chi connectivity index (χ3n) is 4.73. The van der Waals surface area contributed by atoms with Gasteiger partial charge in [0.15, 0.2) is 5.96 Å². The van der Waals surface area contributed by atoms with Gasteiger partial charge in [0.1, 0.15) is 5.75 Å². The van der Waals surface area contributed by atoms with Gasteiger partial charge in [-0.15, -0.1) is 24.0 Å². The van der Waals surface area contributed by atoms with E-state index in [-0.39, 0.29) is 29.4 Å². The molecule has 1 saturated heterocycles. The van der Waals surface area contributed by atoms with Crippen molar-refractivity contribution in [2.45, 2.75) is 18.3 Å². The van der Waals surface area contributed by atoms with Crippen LogP contribution < -0.4 is 15.8 Å². The van der Waals surface area contributed by atoms with E-state index < -0.39 is 0 Å². The molecule has 140 valence electrons. The highest BCUT2D eigenvalue weighted by molar-refractivity contribution is 14.0. The van der Waals surface area contributed by atoms with Gasteiger partial charge in [-0.3, -0.25) is 4.99 Å². The first-order valence-electron chi connectivity index (χ1n) is 8.56. The number of aliphatic imine (C=N–C) groups is 1. The molecule has 26 heavy (non-hydrogen) atoms. The van der Waals surface area contributed by atoms with Crippen LogP contribution >= 0.6 is 24.0 Å². The van der Waals surface area contributed by atoms with Crippen molar-refractivity contribution < 1.29 is 9.47 Å². The number of hydrogen-bond donors (Lipinski definition) is 2. The van der Waals surface area contributed by atoms with Crippen LogP contribution in [-0.2, 0) is 10.2 Å². The summed E-state index contributed by atoms with van der Waals surface area (Å²) in [7, 11) is 1.64. The van der Waals surface area contributed by atoms with Crippen molar-refractivity contribution >= 4 is 35.6 Å². The number of halogens is 1. The smallest absolute Gasteiger partial charge is 0.193 e. The van der Waals surface area contributed by atoms with Crippen molar-refractivity contribution in [3.63, 3.8) is 0 Å². The van der Waals surface area contributed by atoms with Crippen LogP contribution in [0.25, 0.3) is 0 Å². The first-order chi connectivity index (χ1) is 12.2. The lowest BCUT2D eigenvalue weighted by atomic mass is 9.74. The summed E-state index contributed by atoms with van der Waals surface area (Å²) in [6.07, 6.45) is 1.90. The third kappa shape index (κ3) is 5.11. The SMILES string of the molecule is COc1cccc(NC(N)=NCC2(c3ccccc3)CCOCC2)c1.I. The minimum Gasteiger partial charge on any atom is -0.497 e. The Morgan fingerprint density at radius 3 is 2.58 bits per heavy atom. The summed E-state index contributed by atoms with van der Waals surface area (Å²) < 4.78 is 10.8. The van der Waals surface area contributed by atoms with E-state index in [1.807, 2.05) is 30.3 Å². The highest BCUT2D eigenvalue weighted by Gasteiger charge is 2.34. The number of guanidine groups is 1. The minimum atomic E-state index is -0.0137. The van der Waals surface area contributed by atoms with Crippen molar-refractivity contribution in [3.05, 3.63) is 60.2 Å². The number of benzene rings is 2. The Bertz CT molecular complexity index is 716. The number of rotatable bonds is 5. The molecule has 0 atom stereocenters. The first kappa shape index (κ1) is 20.5. The third-order valence-corrected chi connectivity index (χ3v) is 4.73. The summed E-state index contributed by atoms with van der Waals surface area (Å²) in [6.45, 7) is 2.16. The fourth-order valence-electron chi connectivity index (χ4n) is 3.22. The van der Waals surface area contributed by atoms with E-state index in [9.17, 15) is 0 Å². The zero-order valence-electron chi connectivity index (χ0n) is 15.0. The number of methoxy groups -OCH3 is 1. The van der Waals surface area contributed by atoms with E-state index in [4.69, 9.17) is 15.2 Å². The van der Waals surface area contributed by atoms with Crippen LogP contribution in [0.15, 0.2) is 59.6 Å². The maximum Gasteiger partial charge on any atom is 0.193 e. The summed E-state index contributed by atoms with van der Waals surface area (Å²) in [5, 5.41) is 3.14. The van der Waals surface area contributed by atoms with Crippen molar-refractivity contribution in [1.29, 1.82) is 0 Å². The largest absolute Gasteiger partial charge is 0.497 e. The monoisotopic (exact) mass is 467 g/mol. The molecule has 0 unspecified atom stereocenters. The molecule has 3 rings (SSSR count). The predicted molar refractivity (Wildman–Crippen MR) is 117 cm³/mol. The number of nitrogens with two attached hydrogens (primary N) is 1. The van der Waals surface area contributed by atoms with E-state index in [2.05, 4.69) is 34.6 Å². The molecule has 1 heterocycles. The van der Waals surface area contributed by atoms with E-state index in [1.165, 1.54) is 5.56 Å². The van der Waals surface area contributed by atoms with Crippen LogP contribution in [0.4, 0.5) is 5.69 Å². The molecular weight excluding hydrogens is 441 g/mol. The van der Waals surface area contributed by atoms with Gasteiger partial charge in [-0.1, -0.05) is 36.4 Å². The van der Waals surface area contributed by atoms with E-state index >= 15 is 0 Å². The standard InChI is InChI=1S/C20H25N3O2.HI/c1-24-18-9-5-8-17(14-18)23-19(21)22-15-20(10-12-25-13-11-20)16-6-3-2-4-7-16;/h2-9,14H,10-13,15H2,1H3,(H3,21,22,23);1H. The summed E-state index contributed by atoms with van der Waals surface area (Å²) >= 11 is 0. The highest BCUT2D eigenvalue weighted by Crippen LogP contribution is 2.35. The minimum absolute atomic E-state index is 0. The average Bonchev–Trinajstić information content (AvgIpc) is 2.68. The van der Waals surface area contributed by atoms with Gasteiger partial charge >= 0.3 is 0 Å². The molecule has 0 aromatic heterocycles. The number of nitrogens with one attached hydrogen (secondary N) is 1. The van der Waals surface area contributed by atoms with Gasteiger partial charge in [-0.05, 0) is 30.5 Å². The summed E-state index contributed by atoms with van der Waals surface area (Å²) in [6, 6.07) is 18.2. The molecule has 0 aliphatic carbocycles. The zero-order chi connectivity index (χ0) is 17.5. The Labute approximate surface area is 172 Å². The number of nitrogens with zero attached hydrogens (tertiary/aromatic N) is 1. The molecule has 2 aromatic rings. The summed E-state index contributed by atoms with van der Waals surface area (Å²) in [5.74, 6) is 1.19. The molecule has 1 aliphatic heterocycles. The Hall–Kier alpha value is -1.80. The number of ether oxygens (including phenoxy) is 2. The van der Waals surface area contributed by atoms with Crippen LogP contribution in [0, 0.1) is 0 Å². The molecule has 0 radical (unpaired) electrons. The van der Waals surface area contributed by atoms with Crippen LogP contribution in [0.3, 0.4) is 0 Å². The molecule has 3 N–H and O–H groups in total. The molecule has 0 amide bonds. The van der Waals surface area contributed by atoms with Crippen molar-refractivity contribution in [1.82, 2.24) is 0 Å². The summed E-state index contributed by atoms with van der Waals surface area (Å²) in [4.78, 5) is 4.63. The summed E-state index contributed by atoms with van der Waals surface area (Å²) in [5.41, 5.74) is 8.27. The lowest BCUT2D eigenvalue weighted by molar-refractivity contribution is 0.0531. The average molecular weight is 467 g/mol. The number of hydrogen-bond acceptors (Lipinski definition) is 3. The van der Waals surface area contributed by atoms with E-state index in [1.54, 1.807) is 7.11 Å². The Morgan fingerprint density at radius 2 is 1.88 bits per heavy atom. The maximum absolute atomic E-state index is 6.12. The Balaban J connectivity index is 0.00000243. The quantitative estimate of drug-likeness (QED) is 0.399. The fourth-order valence-corrected chi connectivity index (χ4v) is 3.22. The second-order valence-corrected chi connectivity index (χ2v) is 6.32. The molecule has 0 saturated carbocycles. The van der Waals surface area contributed by atoms with Gasteiger partial charge < -0.3 is 20.5 Å². The lowest BCUT2D eigenvalue weighted by Crippen LogP contribution is -2.38. The normalized spacial score (nSPS) is 16.4. The second-order valence-electron chi connectivity index (χ2n) is 6.32. The van der Waals surface area contributed by atoms with Crippen molar-refractivity contribution in [3.8, 4) is 5.75 Å². The van der Waals surface area contributed by atoms with Gasteiger partial charge in [0.2, 0.25) is 0 Å². The van der Waals surface area contributed by atoms with Crippen LogP contribution in [0.5, 0.6) is 5.75 Å². The molecular formula is C20H26IN3O2. The van der Waals surface area contributed by atoms with Crippen LogP contribution in [0.1, 0.15) is 18.4 Å². The molecule has 0 spiro atoms. The van der Waals surface area contributed by atoms with Gasteiger partial charge in [0.25, 0.3) is 0 Å². The topological polar surface area (TPSA) is 68.9 Å². The van der Waals surface area contributed by atoms with Crippen molar-refractivity contribution in [2.75, 3.05) is 32.2 Å². The van der Waals surface area contributed by atoms with Gasteiger partial charge in [0, 0.05) is 30.4 Å². The predicted octanol–water partition coefficient (Wildman–Crippen LogP) is 3.79. The lowest BCUT2D eigenvalue weighted by Gasteiger charge is -2.36. The van der Waals surface area contributed by atoms with E-state index in [0.29, 0.717) is 12.5 Å². The molecule has 1 fully saturated rings. The number of anilines is 1. The van der Waals surface area contributed by atoms with Gasteiger partial charge in [-0.25, -0.2) is 0 Å². The van der Waals surface area contributed by atoms with Crippen molar-refractivity contribution in [2.24, 2.45) is 10.7 Å². The highest BCUT2D eigenvalue weighted by atomic mass is 127. The van der Waals surface area contributed by atoms with Gasteiger partial charge in [-0.2, -0.15) is 0 Å². The maximum atomic E-state index is 6.12. The molecule has 0 bridgehead atoms. The second kappa shape index (κ2) is 9.78. The first-order valence-corrected chi connectivity index (χ1v) is 8.56. The Kier molecular flexibility index (Phi) is 7.71. The van der Waals surface area contributed by atoms with E-state index in [0.717, 1.165) is 37.5 Å². The molecule has 2 aromatic carbocycles. The molecule has 1 aliphatic rings.